The van der Waals surface area contributed by atoms with Gasteiger partial charge in [0.25, 0.3) is 10.0 Å². The molecule has 0 unspecified atom stereocenters. The predicted molar refractivity (Wildman–Crippen MR) is 68.7 cm³/mol. The third-order valence-electron chi connectivity index (χ3n) is 2.17. The molecule has 1 rings (SSSR count). The first-order chi connectivity index (χ1) is 7.87. The highest BCUT2D eigenvalue weighted by Gasteiger charge is 2.21. The Morgan fingerprint density at radius 2 is 1.94 bits per heavy atom. The molecular weight excluding hydrogens is 234 g/mol. The minimum absolute atomic E-state index is 0.132. The lowest BCUT2D eigenvalue weighted by molar-refractivity contribution is 0.528. The van der Waals surface area contributed by atoms with Crippen LogP contribution < -0.4 is 0 Å². The number of hydrogen-bond donors (Lipinski definition) is 0. The molecule has 90 valence electrons. The number of aryl methyl sites for hydroxylation is 1. The third kappa shape index (κ3) is 3.11. The maximum Gasteiger partial charge on any atom is 0.271 e. The predicted octanol–water partition coefficient (Wildman–Crippen LogP) is 2.15. The smallest absolute Gasteiger partial charge is 0.221 e. The van der Waals surface area contributed by atoms with Crippen LogP contribution in [-0.2, 0) is 10.0 Å². The molecule has 0 bridgehead atoms. The van der Waals surface area contributed by atoms with E-state index < -0.39 is 10.0 Å². The molecule has 4 heteroatoms. The SMILES string of the molecule is C#CN(CC(=C)C)S(=O)(=O)c1ccc(C)cc1. The van der Waals surface area contributed by atoms with Crippen molar-refractivity contribution in [3.05, 3.63) is 42.0 Å². The fourth-order valence-corrected chi connectivity index (χ4v) is 2.55. The van der Waals surface area contributed by atoms with Crippen LogP contribution in [0.5, 0.6) is 0 Å². The van der Waals surface area contributed by atoms with Crippen molar-refractivity contribution < 1.29 is 8.42 Å². The third-order valence-corrected chi connectivity index (χ3v) is 3.85. The molecule has 0 fully saturated rings. The Kier molecular flexibility index (Phi) is 3.97. The Labute approximate surface area is 103 Å². The first-order valence-electron chi connectivity index (χ1n) is 5.08. The highest BCUT2D eigenvalue weighted by molar-refractivity contribution is 7.89. The van der Waals surface area contributed by atoms with Gasteiger partial charge in [0.05, 0.1) is 11.4 Å². The summed E-state index contributed by atoms with van der Waals surface area (Å²) in [5, 5.41) is 0. The average Bonchev–Trinajstić information content (AvgIpc) is 2.26. The Morgan fingerprint density at radius 1 is 1.41 bits per heavy atom. The second-order valence-electron chi connectivity index (χ2n) is 3.91. The van der Waals surface area contributed by atoms with E-state index in [4.69, 9.17) is 6.42 Å². The molecule has 0 heterocycles. The van der Waals surface area contributed by atoms with Crippen LogP contribution in [0.4, 0.5) is 0 Å². The number of benzene rings is 1. The minimum Gasteiger partial charge on any atom is -0.221 e. The summed E-state index contributed by atoms with van der Waals surface area (Å²) in [6.45, 7) is 7.42. The van der Waals surface area contributed by atoms with E-state index in [1.54, 1.807) is 31.2 Å². The molecule has 0 aliphatic rings. The summed E-state index contributed by atoms with van der Waals surface area (Å²) >= 11 is 0. The quantitative estimate of drug-likeness (QED) is 0.466. The maximum atomic E-state index is 12.2. The van der Waals surface area contributed by atoms with Crippen LogP contribution in [0.3, 0.4) is 0 Å². The van der Waals surface area contributed by atoms with E-state index in [-0.39, 0.29) is 11.4 Å². The molecule has 1 aromatic carbocycles. The van der Waals surface area contributed by atoms with E-state index >= 15 is 0 Å². The Bertz CT molecular complexity index is 550. The molecule has 0 spiro atoms. The molecule has 0 N–H and O–H groups in total. The normalized spacial score (nSPS) is 10.6. The van der Waals surface area contributed by atoms with E-state index in [0.717, 1.165) is 9.87 Å². The Hall–Kier alpha value is -1.73. The lowest BCUT2D eigenvalue weighted by Gasteiger charge is -2.17. The average molecular weight is 249 g/mol. The summed E-state index contributed by atoms with van der Waals surface area (Å²) in [5.41, 5.74) is 1.69. The van der Waals surface area contributed by atoms with Crippen LogP contribution >= 0.6 is 0 Å². The van der Waals surface area contributed by atoms with Gasteiger partial charge in [-0.05, 0) is 26.0 Å². The van der Waals surface area contributed by atoms with E-state index in [1.807, 2.05) is 6.92 Å². The highest BCUT2D eigenvalue weighted by atomic mass is 32.2. The van der Waals surface area contributed by atoms with E-state index in [0.29, 0.717) is 5.57 Å². The van der Waals surface area contributed by atoms with Crippen LogP contribution in [0.2, 0.25) is 0 Å². The maximum absolute atomic E-state index is 12.2. The van der Waals surface area contributed by atoms with E-state index in [2.05, 4.69) is 12.6 Å². The van der Waals surface area contributed by atoms with Crippen molar-refractivity contribution in [1.29, 1.82) is 0 Å². The summed E-state index contributed by atoms with van der Waals surface area (Å²) in [5.74, 6) is 0. The summed E-state index contributed by atoms with van der Waals surface area (Å²) in [7, 11) is -3.63. The molecule has 0 saturated heterocycles. The number of nitrogens with zero attached hydrogens (tertiary/aromatic N) is 1. The molecule has 0 aliphatic heterocycles. The van der Waals surface area contributed by atoms with Gasteiger partial charge in [-0.15, -0.1) is 0 Å². The first kappa shape index (κ1) is 13.3. The topological polar surface area (TPSA) is 37.4 Å². The number of sulfonamides is 1. The van der Waals surface area contributed by atoms with Gasteiger partial charge in [-0.1, -0.05) is 36.3 Å². The van der Waals surface area contributed by atoms with Gasteiger partial charge in [0.15, 0.2) is 0 Å². The van der Waals surface area contributed by atoms with Crippen LogP contribution in [-0.4, -0.2) is 19.3 Å². The van der Waals surface area contributed by atoms with Crippen LogP contribution in [0.25, 0.3) is 0 Å². The van der Waals surface area contributed by atoms with E-state index in [9.17, 15) is 8.42 Å². The lowest BCUT2D eigenvalue weighted by atomic mass is 10.2. The minimum atomic E-state index is -3.63. The first-order valence-corrected chi connectivity index (χ1v) is 6.52. The van der Waals surface area contributed by atoms with Crippen molar-refractivity contribution >= 4 is 10.0 Å². The molecule has 1 aromatic rings. The van der Waals surface area contributed by atoms with Gasteiger partial charge in [0.1, 0.15) is 0 Å². The Balaban J connectivity index is 3.14. The van der Waals surface area contributed by atoms with Crippen molar-refractivity contribution in [2.45, 2.75) is 18.7 Å². The molecule has 0 radical (unpaired) electrons. The van der Waals surface area contributed by atoms with Gasteiger partial charge >= 0.3 is 0 Å². The van der Waals surface area contributed by atoms with Crippen LogP contribution in [0.1, 0.15) is 12.5 Å². The zero-order chi connectivity index (χ0) is 13.1. The number of rotatable bonds is 4. The zero-order valence-corrected chi connectivity index (χ0v) is 10.8. The summed E-state index contributed by atoms with van der Waals surface area (Å²) in [6, 6.07) is 8.75. The van der Waals surface area contributed by atoms with Crippen molar-refractivity contribution in [3.8, 4) is 12.5 Å². The standard InChI is InChI=1S/C13H15NO2S/c1-5-14(10-11(2)3)17(15,16)13-8-6-12(4)7-9-13/h1,6-9H,2,10H2,3-4H3. The molecular formula is C13H15NO2S. The summed E-state index contributed by atoms with van der Waals surface area (Å²) < 4.78 is 25.3. The summed E-state index contributed by atoms with van der Waals surface area (Å²) in [6.07, 6.45) is 5.23. The van der Waals surface area contributed by atoms with Crippen molar-refractivity contribution in [2.75, 3.05) is 6.54 Å². The molecule has 0 aromatic heterocycles. The second kappa shape index (κ2) is 5.07. The molecule has 0 amide bonds. The van der Waals surface area contributed by atoms with Crippen molar-refractivity contribution in [3.63, 3.8) is 0 Å². The largest absolute Gasteiger partial charge is 0.271 e. The van der Waals surface area contributed by atoms with Gasteiger partial charge in [-0.2, -0.15) is 0 Å². The Morgan fingerprint density at radius 3 is 2.35 bits per heavy atom. The van der Waals surface area contributed by atoms with Crippen LogP contribution in [0, 0.1) is 19.4 Å². The van der Waals surface area contributed by atoms with Gasteiger partial charge in [0.2, 0.25) is 0 Å². The molecule has 3 nitrogen and oxygen atoms in total. The lowest BCUT2D eigenvalue weighted by Crippen LogP contribution is -2.27. The van der Waals surface area contributed by atoms with Gasteiger partial charge in [0, 0.05) is 6.04 Å². The van der Waals surface area contributed by atoms with Crippen LogP contribution in [0.15, 0.2) is 41.3 Å². The zero-order valence-electron chi connectivity index (χ0n) is 9.97. The fourth-order valence-electron chi connectivity index (χ4n) is 1.28. The molecule has 0 aliphatic carbocycles. The van der Waals surface area contributed by atoms with E-state index in [1.165, 1.54) is 0 Å². The number of hydrogen-bond acceptors (Lipinski definition) is 2. The van der Waals surface area contributed by atoms with Crippen molar-refractivity contribution in [2.24, 2.45) is 0 Å². The summed E-state index contributed by atoms with van der Waals surface area (Å²) in [4.78, 5) is 0.197. The molecule has 0 atom stereocenters. The second-order valence-corrected chi connectivity index (χ2v) is 5.77. The highest BCUT2D eigenvalue weighted by Crippen LogP contribution is 2.16. The molecule has 0 saturated carbocycles. The van der Waals surface area contributed by atoms with Gasteiger partial charge in [-0.3, -0.25) is 0 Å². The van der Waals surface area contributed by atoms with Gasteiger partial charge in [-0.25, -0.2) is 12.7 Å². The molecule has 17 heavy (non-hydrogen) atoms. The monoisotopic (exact) mass is 249 g/mol. The number of terminal acetylenes is 1. The van der Waals surface area contributed by atoms with Gasteiger partial charge < -0.3 is 0 Å². The fraction of sp³-hybridized carbons (Fsp3) is 0.231. The van der Waals surface area contributed by atoms with Crippen molar-refractivity contribution in [1.82, 2.24) is 4.31 Å².